The number of aromatic nitrogens is 2. The minimum absolute atomic E-state index is 0.0202. The first-order valence-corrected chi connectivity index (χ1v) is 10.2. The molecule has 1 N–H and O–H groups in total. The number of nitrogens with zero attached hydrogens (tertiary/aromatic N) is 4. The van der Waals surface area contributed by atoms with Crippen LogP contribution in [0.25, 0.3) is 11.1 Å². The third kappa shape index (κ3) is 3.66. The van der Waals surface area contributed by atoms with E-state index in [4.69, 9.17) is 13.9 Å². The SMILES string of the molecule is COc1c(O)ccc(CN2CCN(C(=O)c3c(C)oc4ncn(C)c(=O)c34)CC2)c1OC. The van der Waals surface area contributed by atoms with Crippen LogP contribution < -0.4 is 15.0 Å². The predicted octanol–water partition coefficient (Wildman–Crippen LogP) is 1.52. The summed E-state index contributed by atoms with van der Waals surface area (Å²) in [5.41, 5.74) is 1.04. The van der Waals surface area contributed by atoms with E-state index in [9.17, 15) is 14.7 Å². The third-order valence-electron chi connectivity index (χ3n) is 5.80. The predicted molar refractivity (Wildman–Crippen MR) is 116 cm³/mol. The molecule has 1 saturated heterocycles. The molecular formula is C22H26N4O6. The number of piperazine rings is 1. The molecule has 0 saturated carbocycles. The lowest BCUT2D eigenvalue weighted by Crippen LogP contribution is -2.48. The van der Waals surface area contributed by atoms with Crippen LogP contribution in [-0.4, -0.2) is 70.8 Å². The van der Waals surface area contributed by atoms with Gasteiger partial charge in [-0.05, 0) is 13.0 Å². The maximum absolute atomic E-state index is 13.3. The molecule has 0 bridgehead atoms. The van der Waals surface area contributed by atoms with E-state index in [1.165, 1.54) is 25.1 Å². The molecule has 3 heterocycles. The summed E-state index contributed by atoms with van der Waals surface area (Å²) in [7, 11) is 4.61. The summed E-state index contributed by atoms with van der Waals surface area (Å²) in [6.07, 6.45) is 1.38. The number of aromatic hydroxyl groups is 1. The summed E-state index contributed by atoms with van der Waals surface area (Å²) >= 11 is 0. The van der Waals surface area contributed by atoms with Gasteiger partial charge in [0.2, 0.25) is 11.5 Å². The summed E-state index contributed by atoms with van der Waals surface area (Å²) in [5, 5.41) is 10.2. The van der Waals surface area contributed by atoms with Gasteiger partial charge in [-0.25, -0.2) is 4.98 Å². The molecule has 10 heteroatoms. The van der Waals surface area contributed by atoms with Crippen LogP contribution >= 0.6 is 0 Å². The van der Waals surface area contributed by atoms with Crippen molar-refractivity contribution in [2.45, 2.75) is 13.5 Å². The number of carbonyl (C=O) groups is 1. The number of rotatable bonds is 5. The molecule has 0 atom stereocenters. The molecule has 3 aromatic rings. The average molecular weight is 442 g/mol. The fourth-order valence-corrected chi connectivity index (χ4v) is 4.09. The zero-order valence-electron chi connectivity index (χ0n) is 18.5. The van der Waals surface area contributed by atoms with Gasteiger partial charge in [0, 0.05) is 45.3 Å². The second-order valence-corrected chi connectivity index (χ2v) is 7.75. The van der Waals surface area contributed by atoms with E-state index in [1.54, 1.807) is 31.0 Å². The first kappa shape index (κ1) is 21.7. The van der Waals surface area contributed by atoms with Crippen molar-refractivity contribution in [3.63, 3.8) is 0 Å². The van der Waals surface area contributed by atoms with E-state index in [0.29, 0.717) is 50.0 Å². The van der Waals surface area contributed by atoms with Crippen LogP contribution in [0.4, 0.5) is 0 Å². The molecule has 0 unspecified atom stereocenters. The van der Waals surface area contributed by atoms with Crippen LogP contribution in [0.5, 0.6) is 17.2 Å². The molecule has 1 aromatic carbocycles. The molecule has 1 fully saturated rings. The van der Waals surface area contributed by atoms with Gasteiger partial charge in [-0.15, -0.1) is 0 Å². The van der Waals surface area contributed by atoms with Crippen molar-refractivity contribution >= 4 is 17.0 Å². The highest BCUT2D eigenvalue weighted by molar-refractivity contribution is 6.06. The Morgan fingerprint density at radius 2 is 1.84 bits per heavy atom. The van der Waals surface area contributed by atoms with Crippen molar-refractivity contribution in [2.24, 2.45) is 7.05 Å². The maximum Gasteiger partial charge on any atom is 0.265 e. The Labute approximate surface area is 184 Å². The fraction of sp³-hybridized carbons (Fsp3) is 0.409. The van der Waals surface area contributed by atoms with Gasteiger partial charge in [-0.1, -0.05) is 6.07 Å². The van der Waals surface area contributed by atoms with Crippen LogP contribution in [0.15, 0.2) is 27.7 Å². The number of carbonyl (C=O) groups excluding carboxylic acids is 1. The van der Waals surface area contributed by atoms with E-state index in [0.717, 1.165) is 5.56 Å². The summed E-state index contributed by atoms with van der Waals surface area (Å²) in [4.78, 5) is 33.9. The number of furan rings is 1. The van der Waals surface area contributed by atoms with Gasteiger partial charge in [0.25, 0.3) is 11.5 Å². The molecule has 0 aliphatic carbocycles. The number of ether oxygens (including phenoxy) is 2. The summed E-state index contributed by atoms with van der Waals surface area (Å²) in [5.74, 6) is 0.983. The molecule has 170 valence electrons. The summed E-state index contributed by atoms with van der Waals surface area (Å²) < 4.78 is 17.6. The average Bonchev–Trinajstić information content (AvgIpc) is 3.13. The fourth-order valence-electron chi connectivity index (χ4n) is 4.09. The zero-order valence-corrected chi connectivity index (χ0v) is 18.5. The lowest BCUT2D eigenvalue weighted by molar-refractivity contribution is 0.0627. The normalized spacial score (nSPS) is 14.7. The van der Waals surface area contributed by atoms with Gasteiger partial charge in [-0.3, -0.25) is 14.5 Å². The number of methoxy groups -OCH3 is 2. The van der Waals surface area contributed by atoms with Gasteiger partial charge in [0.05, 0.1) is 19.8 Å². The highest BCUT2D eigenvalue weighted by Crippen LogP contribution is 2.39. The van der Waals surface area contributed by atoms with Crippen LogP contribution in [0.3, 0.4) is 0 Å². The number of hydrogen-bond acceptors (Lipinski definition) is 8. The Morgan fingerprint density at radius 1 is 1.16 bits per heavy atom. The van der Waals surface area contributed by atoms with Gasteiger partial charge >= 0.3 is 0 Å². The molecule has 2 aromatic heterocycles. The van der Waals surface area contributed by atoms with Crippen molar-refractivity contribution in [1.29, 1.82) is 0 Å². The van der Waals surface area contributed by atoms with Gasteiger partial charge in [-0.2, -0.15) is 0 Å². The van der Waals surface area contributed by atoms with Gasteiger partial charge in [0.15, 0.2) is 11.5 Å². The van der Waals surface area contributed by atoms with Crippen LogP contribution in [0.1, 0.15) is 21.7 Å². The first-order valence-electron chi connectivity index (χ1n) is 10.2. The maximum atomic E-state index is 13.3. The largest absolute Gasteiger partial charge is 0.504 e. The monoisotopic (exact) mass is 442 g/mol. The van der Waals surface area contributed by atoms with Crippen molar-refractivity contribution in [1.82, 2.24) is 19.4 Å². The third-order valence-corrected chi connectivity index (χ3v) is 5.80. The second kappa shape index (κ2) is 8.54. The second-order valence-electron chi connectivity index (χ2n) is 7.75. The number of phenols is 1. The number of hydrogen-bond donors (Lipinski definition) is 1. The van der Waals surface area contributed by atoms with Gasteiger partial charge < -0.3 is 28.5 Å². The van der Waals surface area contributed by atoms with Crippen molar-refractivity contribution in [2.75, 3.05) is 40.4 Å². The Hall–Kier alpha value is -3.53. The Bertz CT molecular complexity index is 1220. The van der Waals surface area contributed by atoms with Gasteiger partial charge in [0.1, 0.15) is 17.5 Å². The smallest absolute Gasteiger partial charge is 0.265 e. The van der Waals surface area contributed by atoms with Crippen LogP contribution in [0, 0.1) is 6.92 Å². The number of aryl methyl sites for hydroxylation is 2. The Kier molecular flexibility index (Phi) is 5.79. The molecular weight excluding hydrogens is 416 g/mol. The topological polar surface area (TPSA) is 110 Å². The number of fused-ring (bicyclic) bond motifs is 1. The minimum atomic E-state index is -0.304. The zero-order chi connectivity index (χ0) is 23.0. The summed E-state index contributed by atoms with van der Waals surface area (Å²) in [6.45, 7) is 4.55. The molecule has 32 heavy (non-hydrogen) atoms. The van der Waals surface area contributed by atoms with E-state index in [1.807, 2.05) is 0 Å². The quantitative estimate of drug-likeness (QED) is 0.633. The highest BCUT2D eigenvalue weighted by Gasteiger charge is 2.29. The number of phenolic OH excluding ortho intramolecular Hbond substituents is 1. The lowest BCUT2D eigenvalue weighted by Gasteiger charge is -2.35. The number of benzene rings is 1. The molecule has 1 aliphatic rings. The van der Waals surface area contributed by atoms with E-state index < -0.39 is 0 Å². The molecule has 0 radical (unpaired) electrons. The van der Waals surface area contributed by atoms with Crippen LogP contribution in [-0.2, 0) is 13.6 Å². The molecule has 4 rings (SSSR count). The van der Waals surface area contributed by atoms with Crippen LogP contribution in [0.2, 0.25) is 0 Å². The Balaban J connectivity index is 1.50. The molecule has 0 spiro atoms. The van der Waals surface area contributed by atoms with Crippen molar-refractivity contribution in [3.8, 4) is 17.2 Å². The van der Waals surface area contributed by atoms with Crippen molar-refractivity contribution < 1.29 is 23.8 Å². The Morgan fingerprint density at radius 3 is 2.50 bits per heavy atom. The highest BCUT2D eigenvalue weighted by atomic mass is 16.5. The molecule has 1 amide bonds. The van der Waals surface area contributed by atoms with Crippen molar-refractivity contribution in [3.05, 3.63) is 45.7 Å². The summed E-state index contributed by atoms with van der Waals surface area (Å²) in [6, 6.07) is 3.38. The first-order chi connectivity index (χ1) is 15.3. The number of amides is 1. The van der Waals surface area contributed by atoms with E-state index in [2.05, 4.69) is 9.88 Å². The van der Waals surface area contributed by atoms with E-state index >= 15 is 0 Å². The standard InChI is InChI=1S/C22H26N4O6/c1-13-16(17-20(32-13)23-12-24(2)21(17)28)22(29)26-9-7-25(8-10-26)11-14-5-6-15(27)19(31-4)18(14)30-3/h5-6,12,27H,7-11H2,1-4H3. The molecule has 1 aliphatic heterocycles. The van der Waals surface area contributed by atoms with E-state index in [-0.39, 0.29) is 33.9 Å². The minimum Gasteiger partial charge on any atom is -0.504 e. The lowest BCUT2D eigenvalue weighted by atomic mass is 10.1. The molecule has 10 nitrogen and oxygen atoms in total.